The van der Waals surface area contributed by atoms with Crippen LogP contribution in [0.15, 0.2) is 42.5 Å². The Balaban J connectivity index is 2.35. The molecule has 0 fully saturated rings. The minimum Gasteiger partial charge on any atom is -0.248 e. The second kappa shape index (κ2) is 2.61. The van der Waals surface area contributed by atoms with Crippen LogP contribution in [0.2, 0.25) is 0 Å². The highest BCUT2D eigenvalue weighted by atomic mass is 14.9. The Kier molecular flexibility index (Phi) is 1.42. The summed E-state index contributed by atoms with van der Waals surface area (Å²) < 4.78 is 0. The van der Waals surface area contributed by atoms with E-state index < -0.39 is 0 Å². The second-order valence-corrected chi connectivity index (χ2v) is 3.60. The van der Waals surface area contributed by atoms with Gasteiger partial charge in [-0.25, -0.2) is 5.32 Å². The molecule has 0 unspecified atom stereocenters. The third-order valence-corrected chi connectivity index (χ3v) is 2.67. The van der Waals surface area contributed by atoms with Crippen LogP contribution in [0.3, 0.4) is 0 Å². The molecule has 0 bridgehead atoms. The van der Waals surface area contributed by atoms with Crippen molar-refractivity contribution in [2.24, 2.45) is 0 Å². The Hall–Kier alpha value is -1.76. The molecule has 0 saturated carbocycles. The number of nitrogens with zero attached hydrogens (tertiary/aromatic N) is 1. The molecule has 2 aromatic rings. The number of rotatable bonds is 0. The van der Waals surface area contributed by atoms with Gasteiger partial charge in [0.05, 0.1) is 11.4 Å². The van der Waals surface area contributed by atoms with Crippen LogP contribution < -0.4 is 5.32 Å². The molecule has 0 aromatic heterocycles. The van der Waals surface area contributed by atoms with Crippen LogP contribution in [0.4, 0.5) is 11.4 Å². The predicted octanol–water partition coefficient (Wildman–Crippen LogP) is 3.54. The highest BCUT2D eigenvalue weighted by molar-refractivity contribution is 5.92. The molecule has 1 heteroatoms. The number of hydrogen-bond donors (Lipinski definition) is 0. The van der Waals surface area contributed by atoms with Crippen molar-refractivity contribution in [2.45, 2.75) is 6.92 Å². The third-order valence-electron chi connectivity index (χ3n) is 2.67. The summed E-state index contributed by atoms with van der Waals surface area (Å²) in [6.45, 7) is 2.14. The van der Waals surface area contributed by atoms with E-state index in [4.69, 9.17) is 0 Å². The van der Waals surface area contributed by atoms with E-state index in [0.717, 1.165) is 11.4 Å². The SMILES string of the molecule is Cc1cccc2c1-c1ccccc1[N]2. The van der Waals surface area contributed by atoms with Gasteiger partial charge in [0.15, 0.2) is 0 Å². The fraction of sp³-hybridized carbons (Fsp3) is 0.0769. The monoisotopic (exact) mass is 180 g/mol. The van der Waals surface area contributed by atoms with Crippen LogP contribution in [0.1, 0.15) is 5.56 Å². The van der Waals surface area contributed by atoms with Gasteiger partial charge in [-0.15, -0.1) is 0 Å². The zero-order chi connectivity index (χ0) is 9.54. The maximum atomic E-state index is 4.58. The van der Waals surface area contributed by atoms with Crippen molar-refractivity contribution in [3.63, 3.8) is 0 Å². The van der Waals surface area contributed by atoms with Gasteiger partial charge < -0.3 is 0 Å². The highest BCUT2D eigenvalue weighted by Gasteiger charge is 2.19. The van der Waals surface area contributed by atoms with Crippen molar-refractivity contribution < 1.29 is 0 Å². The van der Waals surface area contributed by atoms with Crippen LogP contribution in [0.25, 0.3) is 11.1 Å². The first-order valence-corrected chi connectivity index (χ1v) is 4.77. The topological polar surface area (TPSA) is 14.1 Å². The Morgan fingerprint density at radius 2 is 1.64 bits per heavy atom. The van der Waals surface area contributed by atoms with Gasteiger partial charge in [0, 0.05) is 11.1 Å². The minimum atomic E-state index is 1.09. The molecule has 0 saturated heterocycles. The molecule has 3 rings (SSSR count). The molecule has 1 nitrogen and oxygen atoms in total. The number of aryl methyl sites for hydroxylation is 1. The molecule has 1 aliphatic heterocycles. The van der Waals surface area contributed by atoms with E-state index >= 15 is 0 Å². The van der Waals surface area contributed by atoms with Crippen molar-refractivity contribution >= 4 is 11.4 Å². The Morgan fingerprint density at radius 1 is 0.857 bits per heavy atom. The first kappa shape index (κ1) is 7.63. The zero-order valence-corrected chi connectivity index (χ0v) is 7.99. The van der Waals surface area contributed by atoms with Gasteiger partial charge in [0.2, 0.25) is 0 Å². The van der Waals surface area contributed by atoms with E-state index in [1.165, 1.54) is 16.7 Å². The van der Waals surface area contributed by atoms with Gasteiger partial charge >= 0.3 is 0 Å². The van der Waals surface area contributed by atoms with Gasteiger partial charge in [-0.3, -0.25) is 0 Å². The van der Waals surface area contributed by atoms with Crippen LogP contribution >= 0.6 is 0 Å². The molecule has 0 amide bonds. The van der Waals surface area contributed by atoms with Crippen LogP contribution in [-0.2, 0) is 0 Å². The van der Waals surface area contributed by atoms with E-state index in [-0.39, 0.29) is 0 Å². The molecule has 14 heavy (non-hydrogen) atoms. The second-order valence-electron chi connectivity index (χ2n) is 3.60. The first-order chi connectivity index (χ1) is 6.86. The molecule has 67 valence electrons. The largest absolute Gasteiger partial charge is 0.248 e. The summed E-state index contributed by atoms with van der Waals surface area (Å²) in [5.41, 5.74) is 6.06. The fourth-order valence-corrected chi connectivity index (χ4v) is 2.01. The van der Waals surface area contributed by atoms with Crippen molar-refractivity contribution in [1.29, 1.82) is 0 Å². The molecule has 0 spiro atoms. The Bertz CT molecular complexity index is 500. The summed E-state index contributed by atoms with van der Waals surface area (Å²) >= 11 is 0. The van der Waals surface area contributed by atoms with Gasteiger partial charge in [-0.05, 0) is 24.6 Å². The van der Waals surface area contributed by atoms with Crippen molar-refractivity contribution in [1.82, 2.24) is 5.32 Å². The molecular weight excluding hydrogens is 170 g/mol. The standard InChI is InChI=1S/C13H10N/c1-9-5-4-8-12-13(9)10-6-2-3-7-11(10)14-12/h2-8H,1H3. The molecule has 2 aromatic carbocycles. The lowest BCUT2D eigenvalue weighted by atomic mass is 10.0. The average Bonchev–Trinajstić information content (AvgIpc) is 2.57. The van der Waals surface area contributed by atoms with Gasteiger partial charge in [-0.2, -0.15) is 0 Å². The molecule has 0 atom stereocenters. The number of fused-ring (bicyclic) bond motifs is 3. The summed E-state index contributed by atoms with van der Waals surface area (Å²) in [4.78, 5) is 0. The molecular formula is C13H10N. The van der Waals surface area contributed by atoms with Crippen molar-refractivity contribution in [3.8, 4) is 11.1 Å². The minimum absolute atomic E-state index is 1.09. The van der Waals surface area contributed by atoms with Crippen molar-refractivity contribution in [3.05, 3.63) is 48.0 Å². The van der Waals surface area contributed by atoms with E-state index in [2.05, 4.69) is 48.6 Å². The highest BCUT2D eigenvalue weighted by Crippen LogP contribution is 2.43. The molecule has 0 aliphatic carbocycles. The molecule has 1 aliphatic rings. The average molecular weight is 180 g/mol. The summed E-state index contributed by atoms with van der Waals surface area (Å²) in [5, 5.41) is 4.58. The molecule has 1 heterocycles. The summed E-state index contributed by atoms with van der Waals surface area (Å²) in [6.07, 6.45) is 0. The lowest BCUT2D eigenvalue weighted by Crippen LogP contribution is -1.81. The number of benzene rings is 2. The van der Waals surface area contributed by atoms with Crippen LogP contribution in [0.5, 0.6) is 0 Å². The third kappa shape index (κ3) is 0.896. The van der Waals surface area contributed by atoms with E-state index in [1.54, 1.807) is 0 Å². The van der Waals surface area contributed by atoms with Gasteiger partial charge in [0.1, 0.15) is 0 Å². The molecule has 0 N–H and O–H groups in total. The lowest BCUT2D eigenvalue weighted by Gasteiger charge is -2.01. The van der Waals surface area contributed by atoms with Gasteiger partial charge in [0.25, 0.3) is 0 Å². The lowest BCUT2D eigenvalue weighted by molar-refractivity contribution is 1.23. The maximum Gasteiger partial charge on any atom is 0.0719 e. The number of hydrogen-bond acceptors (Lipinski definition) is 0. The summed E-state index contributed by atoms with van der Waals surface area (Å²) in [7, 11) is 0. The van der Waals surface area contributed by atoms with Crippen LogP contribution in [0, 0.1) is 6.92 Å². The van der Waals surface area contributed by atoms with Gasteiger partial charge in [-0.1, -0.05) is 30.3 Å². The quantitative estimate of drug-likeness (QED) is 0.502. The van der Waals surface area contributed by atoms with E-state index in [0.29, 0.717) is 0 Å². The zero-order valence-electron chi connectivity index (χ0n) is 7.99. The smallest absolute Gasteiger partial charge is 0.0719 e. The maximum absolute atomic E-state index is 4.58. The Labute approximate surface area is 83.4 Å². The first-order valence-electron chi connectivity index (χ1n) is 4.77. The van der Waals surface area contributed by atoms with Crippen molar-refractivity contribution in [2.75, 3.05) is 0 Å². The summed E-state index contributed by atoms with van der Waals surface area (Å²) in [6, 6.07) is 14.6. The van der Waals surface area contributed by atoms with Crippen LogP contribution in [-0.4, -0.2) is 0 Å². The summed E-state index contributed by atoms with van der Waals surface area (Å²) in [5.74, 6) is 0. The Morgan fingerprint density at radius 3 is 2.57 bits per heavy atom. The van der Waals surface area contributed by atoms with E-state index in [1.807, 2.05) is 6.07 Å². The fourth-order valence-electron chi connectivity index (χ4n) is 2.01. The molecule has 1 radical (unpaired) electrons. The predicted molar refractivity (Wildman–Crippen MR) is 58.1 cm³/mol. The normalized spacial score (nSPS) is 11.8. The number of para-hydroxylation sites is 1. The van der Waals surface area contributed by atoms with E-state index in [9.17, 15) is 0 Å².